The Morgan fingerprint density at radius 2 is 1.78 bits per heavy atom. The van der Waals surface area contributed by atoms with E-state index in [2.05, 4.69) is 0 Å². The number of carbonyl (C=O) groups excluding carboxylic acids is 1. The smallest absolute Gasteiger partial charge is 0.187 e. The van der Waals surface area contributed by atoms with Crippen molar-refractivity contribution in [3.8, 4) is 0 Å². The van der Waals surface area contributed by atoms with Gasteiger partial charge in [-0.1, -0.05) is 17.2 Å². The van der Waals surface area contributed by atoms with E-state index in [0.717, 1.165) is 11.1 Å². The molecular formula is C16H26O7. The number of aliphatic hydroxyl groups excluding tert-OH is 4. The summed E-state index contributed by atoms with van der Waals surface area (Å²) in [6, 6.07) is 0. The van der Waals surface area contributed by atoms with E-state index in [4.69, 9.17) is 14.6 Å². The van der Waals surface area contributed by atoms with Crippen molar-refractivity contribution in [3.05, 3.63) is 23.3 Å². The Morgan fingerprint density at radius 3 is 2.35 bits per heavy atom. The normalized spacial score (nSPS) is 31.8. The van der Waals surface area contributed by atoms with Crippen LogP contribution in [-0.2, 0) is 14.3 Å². The maximum absolute atomic E-state index is 11.6. The van der Waals surface area contributed by atoms with Gasteiger partial charge in [0.15, 0.2) is 12.1 Å². The lowest BCUT2D eigenvalue weighted by molar-refractivity contribution is -0.298. The predicted molar refractivity (Wildman–Crippen MR) is 82.5 cm³/mol. The number of hydrogen-bond donors (Lipinski definition) is 4. The highest BCUT2D eigenvalue weighted by molar-refractivity contribution is 5.91. The lowest BCUT2D eigenvalue weighted by Crippen LogP contribution is -2.59. The Balaban J connectivity index is 2.52. The number of rotatable bonds is 7. The first-order valence-electron chi connectivity index (χ1n) is 7.51. The van der Waals surface area contributed by atoms with Crippen molar-refractivity contribution in [3.63, 3.8) is 0 Å². The van der Waals surface area contributed by atoms with Crippen molar-refractivity contribution >= 4 is 5.78 Å². The maximum Gasteiger partial charge on any atom is 0.187 e. The second-order valence-electron chi connectivity index (χ2n) is 5.95. The molecule has 0 radical (unpaired) electrons. The third kappa shape index (κ3) is 6.14. The van der Waals surface area contributed by atoms with Gasteiger partial charge >= 0.3 is 0 Å². The number of carbonyl (C=O) groups is 1. The highest BCUT2D eigenvalue weighted by atomic mass is 16.7. The zero-order valence-corrected chi connectivity index (χ0v) is 13.7. The van der Waals surface area contributed by atoms with Crippen molar-refractivity contribution in [1.29, 1.82) is 0 Å². The summed E-state index contributed by atoms with van der Waals surface area (Å²) in [5, 5.41) is 38.2. The van der Waals surface area contributed by atoms with Gasteiger partial charge in [-0.25, -0.2) is 0 Å². The van der Waals surface area contributed by atoms with Crippen LogP contribution in [0.25, 0.3) is 0 Å². The monoisotopic (exact) mass is 330 g/mol. The second kappa shape index (κ2) is 9.27. The molecule has 4 N–H and O–H groups in total. The Bertz CT molecular complexity index is 451. The van der Waals surface area contributed by atoms with Crippen molar-refractivity contribution < 1.29 is 34.7 Å². The number of ketones is 1. The average molecular weight is 330 g/mol. The molecule has 0 aliphatic carbocycles. The Hall–Kier alpha value is -1.09. The fourth-order valence-corrected chi connectivity index (χ4v) is 2.21. The molecule has 1 saturated heterocycles. The Morgan fingerprint density at radius 1 is 1.13 bits per heavy atom. The molecule has 0 bridgehead atoms. The molecule has 5 atom stereocenters. The van der Waals surface area contributed by atoms with Crippen LogP contribution in [-0.4, -0.2) is 70.1 Å². The Kier molecular flexibility index (Phi) is 8.04. The van der Waals surface area contributed by atoms with Crippen LogP contribution in [0.4, 0.5) is 0 Å². The average Bonchev–Trinajstić information content (AvgIpc) is 2.46. The Labute approximate surface area is 135 Å². The van der Waals surface area contributed by atoms with Gasteiger partial charge in [-0.2, -0.15) is 0 Å². The molecule has 7 nitrogen and oxygen atoms in total. The molecule has 1 aliphatic heterocycles. The van der Waals surface area contributed by atoms with Crippen LogP contribution in [0.3, 0.4) is 0 Å². The van der Waals surface area contributed by atoms with E-state index in [9.17, 15) is 20.1 Å². The molecule has 0 aromatic rings. The molecule has 0 amide bonds. The molecule has 1 fully saturated rings. The van der Waals surface area contributed by atoms with Crippen LogP contribution in [0.5, 0.6) is 0 Å². The van der Waals surface area contributed by atoms with E-state index in [0.29, 0.717) is 0 Å². The summed E-state index contributed by atoms with van der Waals surface area (Å²) in [6.45, 7) is 5.04. The SMILES string of the molecule is CC(C)=CC(=O)CC(C)=CCOC1OC(CO)C(O)C(O)C1O. The lowest BCUT2D eigenvalue weighted by atomic mass is 9.99. The topological polar surface area (TPSA) is 116 Å². The summed E-state index contributed by atoms with van der Waals surface area (Å²) in [4.78, 5) is 11.6. The van der Waals surface area contributed by atoms with E-state index < -0.39 is 37.3 Å². The highest BCUT2D eigenvalue weighted by Crippen LogP contribution is 2.22. The standard InChI is InChI=1S/C16H26O7/c1-9(2)6-11(18)7-10(3)4-5-22-16-15(21)14(20)13(19)12(8-17)23-16/h4,6,12-17,19-21H,5,7-8H2,1-3H3. The van der Waals surface area contributed by atoms with Crippen molar-refractivity contribution in [2.45, 2.75) is 57.9 Å². The fourth-order valence-electron chi connectivity index (χ4n) is 2.21. The van der Waals surface area contributed by atoms with Gasteiger partial charge in [0.25, 0.3) is 0 Å². The van der Waals surface area contributed by atoms with Gasteiger partial charge in [-0.15, -0.1) is 0 Å². The van der Waals surface area contributed by atoms with E-state index in [1.54, 1.807) is 19.1 Å². The van der Waals surface area contributed by atoms with Crippen molar-refractivity contribution in [2.24, 2.45) is 0 Å². The van der Waals surface area contributed by atoms with Crippen LogP contribution in [0.15, 0.2) is 23.3 Å². The molecular weight excluding hydrogens is 304 g/mol. The van der Waals surface area contributed by atoms with Gasteiger partial charge in [0, 0.05) is 6.42 Å². The van der Waals surface area contributed by atoms with E-state index in [-0.39, 0.29) is 18.8 Å². The molecule has 1 rings (SSSR count). The van der Waals surface area contributed by atoms with Crippen LogP contribution in [0, 0.1) is 0 Å². The maximum atomic E-state index is 11.6. The largest absolute Gasteiger partial charge is 0.394 e. The van der Waals surface area contributed by atoms with Crippen LogP contribution >= 0.6 is 0 Å². The molecule has 0 spiro atoms. The van der Waals surface area contributed by atoms with Crippen molar-refractivity contribution in [2.75, 3.05) is 13.2 Å². The molecule has 132 valence electrons. The van der Waals surface area contributed by atoms with Crippen LogP contribution in [0.2, 0.25) is 0 Å². The molecule has 0 aromatic carbocycles. The van der Waals surface area contributed by atoms with E-state index >= 15 is 0 Å². The van der Waals surface area contributed by atoms with Crippen molar-refractivity contribution in [1.82, 2.24) is 0 Å². The highest BCUT2D eigenvalue weighted by Gasteiger charge is 2.43. The van der Waals surface area contributed by atoms with Gasteiger partial charge in [0.1, 0.15) is 24.4 Å². The zero-order chi connectivity index (χ0) is 17.6. The minimum absolute atomic E-state index is 0.00779. The van der Waals surface area contributed by atoms with E-state index in [1.165, 1.54) is 0 Å². The first-order valence-corrected chi connectivity index (χ1v) is 7.51. The summed E-state index contributed by atoms with van der Waals surface area (Å²) in [7, 11) is 0. The molecule has 0 saturated carbocycles. The van der Waals surface area contributed by atoms with Crippen LogP contribution in [0.1, 0.15) is 27.2 Å². The fraction of sp³-hybridized carbons (Fsp3) is 0.688. The first kappa shape index (κ1) is 20.0. The summed E-state index contributed by atoms with van der Waals surface area (Å²) < 4.78 is 10.5. The summed E-state index contributed by atoms with van der Waals surface area (Å²) >= 11 is 0. The quantitative estimate of drug-likeness (QED) is 0.373. The summed E-state index contributed by atoms with van der Waals surface area (Å²) in [5.41, 5.74) is 1.73. The van der Waals surface area contributed by atoms with Crippen LogP contribution < -0.4 is 0 Å². The zero-order valence-electron chi connectivity index (χ0n) is 13.7. The summed E-state index contributed by atoms with van der Waals surface area (Å²) in [5.74, 6) is -0.00779. The van der Waals surface area contributed by atoms with Gasteiger partial charge in [0.05, 0.1) is 13.2 Å². The number of aliphatic hydroxyl groups is 4. The minimum atomic E-state index is -1.46. The first-order chi connectivity index (χ1) is 10.8. The van der Waals surface area contributed by atoms with E-state index in [1.807, 2.05) is 13.8 Å². The third-order valence-corrected chi connectivity index (χ3v) is 3.44. The molecule has 1 aliphatic rings. The van der Waals surface area contributed by atoms with Gasteiger partial charge in [-0.05, 0) is 26.8 Å². The molecule has 0 aromatic heterocycles. The number of ether oxygens (including phenoxy) is 2. The van der Waals surface area contributed by atoms with Gasteiger partial charge in [0.2, 0.25) is 0 Å². The molecule has 23 heavy (non-hydrogen) atoms. The second-order valence-corrected chi connectivity index (χ2v) is 5.95. The lowest BCUT2D eigenvalue weighted by Gasteiger charge is -2.39. The minimum Gasteiger partial charge on any atom is -0.394 e. The third-order valence-electron chi connectivity index (χ3n) is 3.44. The number of hydrogen-bond acceptors (Lipinski definition) is 7. The van der Waals surface area contributed by atoms with Gasteiger partial charge in [-0.3, -0.25) is 4.79 Å². The number of allylic oxidation sites excluding steroid dienone is 3. The molecule has 5 unspecified atom stereocenters. The summed E-state index contributed by atoms with van der Waals surface area (Å²) in [6.07, 6.45) is -2.94. The predicted octanol–water partition coefficient (Wildman–Crippen LogP) is -0.325. The van der Waals surface area contributed by atoms with Gasteiger partial charge < -0.3 is 29.9 Å². The molecule has 1 heterocycles. The molecule has 7 heteroatoms.